The van der Waals surface area contributed by atoms with E-state index < -0.39 is 30.8 Å². The Kier molecular flexibility index (Phi) is 4.16. The zero-order valence-electron chi connectivity index (χ0n) is 12.9. The second-order valence-corrected chi connectivity index (χ2v) is 5.97. The minimum absolute atomic E-state index is 0.0148. The molecule has 1 aromatic carbocycles. The number of aromatic nitrogens is 2. The molecule has 1 aromatic heterocycles. The summed E-state index contributed by atoms with van der Waals surface area (Å²) in [6.45, 7) is 0.833. The Bertz CT molecular complexity index is 781. The van der Waals surface area contributed by atoms with Crippen molar-refractivity contribution < 1.29 is 22.8 Å². The lowest BCUT2D eigenvalue weighted by Gasteiger charge is -2.22. The van der Waals surface area contributed by atoms with Crippen molar-refractivity contribution in [1.29, 1.82) is 0 Å². The third kappa shape index (κ3) is 3.06. The highest BCUT2D eigenvalue weighted by molar-refractivity contribution is 6.31. The van der Waals surface area contributed by atoms with Crippen LogP contribution < -0.4 is 4.74 Å². The Balaban J connectivity index is 1.99. The molecule has 6 nitrogen and oxygen atoms in total. The first kappa shape index (κ1) is 16.6. The van der Waals surface area contributed by atoms with Gasteiger partial charge in [0.05, 0.1) is 19.2 Å². The Labute approximate surface area is 141 Å². The molecule has 0 unspecified atom stereocenters. The summed E-state index contributed by atoms with van der Waals surface area (Å²) in [6.07, 6.45) is -0.580. The molecule has 0 bridgehead atoms. The zero-order chi connectivity index (χ0) is 17.5. The molecule has 0 spiro atoms. The maximum Gasteiger partial charge on any atom is 0.267 e. The van der Waals surface area contributed by atoms with Crippen molar-refractivity contribution >= 4 is 17.5 Å². The molecule has 1 atom stereocenters. The summed E-state index contributed by atoms with van der Waals surface area (Å²) in [5, 5.41) is 3.91. The minimum Gasteiger partial charge on any atom is -0.496 e. The van der Waals surface area contributed by atoms with Gasteiger partial charge in [0, 0.05) is 11.4 Å². The molecule has 2 aromatic rings. The number of hydrogen-bond donors (Lipinski definition) is 0. The van der Waals surface area contributed by atoms with E-state index in [-0.39, 0.29) is 17.2 Å². The van der Waals surface area contributed by atoms with E-state index >= 15 is 0 Å². The Morgan fingerprint density at radius 2 is 2.25 bits per heavy atom. The van der Waals surface area contributed by atoms with Crippen molar-refractivity contribution in [3.8, 4) is 5.75 Å². The number of halogens is 3. The van der Waals surface area contributed by atoms with Crippen LogP contribution >= 0.6 is 11.6 Å². The highest BCUT2D eigenvalue weighted by atomic mass is 35.5. The van der Waals surface area contributed by atoms with Crippen LogP contribution in [-0.4, -0.2) is 40.5 Å². The average Bonchev–Trinajstić information content (AvgIpc) is 3.09. The lowest BCUT2D eigenvalue weighted by Crippen LogP contribution is -2.33. The van der Waals surface area contributed by atoms with E-state index in [1.807, 2.05) is 0 Å². The fourth-order valence-corrected chi connectivity index (χ4v) is 2.87. The normalized spacial score (nSPS) is 19.5. The van der Waals surface area contributed by atoms with Crippen LogP contribution in [0.15, 0.2) is 22.7 Å². The average molecular weight is 358 g/mol. The smallest absolute Gasteiger partial charge is 0.267 e. The molecule has 2 heterocycles. The van der Waals surface area contributed by atoms with E-state index in [4.69, 9.17) is 20.9 Å². The van der Waals surface area contributed by atoms with Gasteiger partial charge >= 0.3 is 0 Å². The number of likely N-dealkylation sites (tertiary alicyclic amines) is 1. The number of methoxy groups -OCH3 is 1. The lowest BCUT2D eigenvalue weighted by atomic mass is 10.1. The molecule has 1 aliphatic heterocycles. The second-order valence-electron chi connectivity index (χ2n) is 5.53. The number of carbonyl (C=O) groups is 1. The van der Waals surface area contributed by atoms with Crippen molar-refractivity contribution in [2.75, 3.05) is 13.7 Å². The van der Waals surface area contributed by atoms with Crippen LogP contribution in [0.25, 0.3) is 0 Å². The molecule has 0 radical (unpaired) electrons. The van der Waals surface area contributed by atoms with Gasteiger partial charge in [0.15, 0.2) is 5.82 Å². The lowest BCUT2D eigenvalue weighted by molar-refractivity contribution is 0.0116. The first-order valence-electron chi connectivity index (χ1n) is 7.13. The van der Waals surface area contributed by atoms with Crippen LogP contribution in [0.3, 0.4) is 0 Å². The number of ether oxygens (including phenoxy) is 1. The van der Waals surface area contributed by atoms with Gasteiger partial charge in [-0.15, -0.1) is 0 Å². The van der Waals surface area contributed by atoms with Crippen LogP contribution in [-0.2, 0) is 0 Å². The van der Waals surface area contributed by atoms with Gasteiger partial charge in [-0.1, -0.05) is 16.8 Å². The van der Waals surface area contributed by atoms with E-state index in [1.165, 1.54) is 19.2 Å². The predicted molar refractivity (Wildman–Crippen MR) is 80.4 cm³/mol. The van der Waals surface area contributed by atoms with E-state index in [1.54, 1.807) is 13.0 Å². The largest absolute Gasteiger partial charge is 0.496 e. The monoisotopic (exact) mass is 357 g/mol. The summed E-state index contributed by atoms with van der Waals surface area (Å²) in [7, 11) is 1.39. The van der Waals surface area contributed by atoms with Crippen LogP contribution in [0, 0.1) is 6.92 Å². The van der Waals surface area contributed by atoms with Crippen molar-refractivity contribution in [3.05, 3.63) is 40.5 Å². The van der Waals surface area contributed by atoms with Crippen molar-refractivity contribution in [2.24, 2.45) is 0 Å². The van der Waals surface area contributed by atoms with Crippen molar-refractivity contribution in [3.63, 3.8) is 0 Å². The quantitative estimate of drug-likeness (QED) is 0.843. The fraction of sp³-hybridized carbons (Fsp3) is 0.400. The Morgan fingerprint density at radius 3 is 2.88 bits per heavy atom. The second kappa shape index (κ2) is 6.01. The third-order valence-corrected chi connectivity index (χ3v) is 3.99. The molecule has 1 fully saturated rings. The van der Waals surface area contributed by atoms with Crippen LogP contribution in [0.4, 0.5) is 8.78 Å². The zero-order valence-corrected chi connectivity index (χ0v) is 13.7. The fourth-order valence-electron chi connectivity index (χ4n) is 2.70. The van der Waals surface area contributed by atoms with Gasteiger partial charge in [-0.2, -0.15) is 4.98 Å². The molecular formula is C15H14ClF2N3O3. The standard InChI is InChI=1S/C15H14ClF2N3O3/c1-8-19-13(24-20-8)11-6-15(17,18)7-21(11)14(22)10-5-9(16)3-4-12(10)23-2/h3-5,11H,6-7H2,1-2H3/t11-/m0/s1. The van der Waals surface area contributed by atoms with Gasteiger partial charge in [-0.3, -0.25) is 4.79 Å². The molecule has 24 heavy (non-hydrogen) atoms. The van der Waals surface area contributed by atoms with E-state index in [9.17, 15) is 13.6 Å². The summed E-state index contributed by atoms with van der Waals surface area (Å²) in [4.78, 5) is 17.8. The summed E-state index contributed by atoms with van der Waals surface area (Å²) < 4.78 is 38.0. The molecule has 9 heteroatoms. The van der Waals surface area contributed by atoms with Gasteiger partial charge in [0.2, 0.25) is 5.89 Å². The molecule has 3 rings (SSSR count). The first-order chi connectivity index (χ1) is 11.3. The molecular weight excluding hydrogens is 344 g/mol. The number of hydrogen-bond acceptors (Lipinski definition) is 5. The van der Waals surface area contributed by atoms with Gasteiger partial charge < -0.3 is 14.2 Å². The Hall–Kier alpha value is -2.22. The summed E-state index contributed by atoms with van der Waals surface area (Å²) in [6, 6.07) is 3.44. The Morgan fingerprint density at radius 1 is 1.50 bits per heavy atom. The molecule has 1 saturated heterocycles. The number of aryl methyl sites for hydroxylation is 1. The first-order valence-corrected chi connectivity index (χ1v) is 7.51. The molecule has 0 saturated carbocycles. The number of benzene rings is 1. The number of alkyl halides is 2. The maximum absolute atomic E-state index is 13.9. The van der Waals surface area contributed by atoms with Gasteiger partial charge in [0.1, 0.15) is 11.8 Å². The SMILES string of the molecule is COc1ccc(Cl)cc1C(=O)N1CC(F)(F)C[C@H]1c1nc(C)no1. The van der Waals surface area contributed by atoms with Crippen LogP contribution in [0.1, 0.15) is 34.5 Å². The van der Waals surface area contributed by atoms with E-state index in [2.05, 4.69) is 10.1 Å². The molecule has 1 aliphatic rings. The van der Waals surface area contributed by atoms with Gasteiger partial charge in [-0.25, -0.2) is 8.78 Å². The van der Waals surface area contributed by atoms with E-state index in [0.717, 1.165) is 4.90 Å². The highest BCUT2D eigenvalue weighted by Gasteiger charge is 2.50. The topological polar surface area (TPSA) is 68.5 Å². The minimum atomic E-state index is -3.05. The number of rotatable bonds is 3. The summed E-state index contributed by atoms with van der Waals surface area (Å²) in [5.74, 6) is -3.13. The molecule has 0 N–H and O–H groups in total. The van der Waals surface area contributed by atoms with Crippen LogP contribution in [0.2, 0.25) is 5.02 Å². The van der Waals surface area contributed by atoms with Crippen molar-refractivity contribution in [2.45, 2.75) is 25.3 Å². The van der Waals surface area contributed by atoms with Gasteiger partial charge in [-0.05, 0) is 25.1 Å². The van der Waals surface area contributed by atoms with Crippen LogP contribution in [0.5, 0.6) is 5.75 Å². The predicted octanol–water partition coefficient (Wildman–Crippen LogP) is 3.26. The van der Waals surface area contributed by atoms with E-state index in [0.29, 0.717) is 10.8 Å². The molecule has 128 valence electrons. The summed E-state index contributed by atoms with van der Waals surface area (Å²) >= 11 is 5.92. The highest BCUT2D eigenvalue weighted by Crippen LogP contribution is 2.42. The van der Waals surface area contributed by atoms with Gasteiger partial charge in [0.25, 0.3) is 11.8 Å². The molecule has 1 amide bonds. The van der Waals surface area contributed by atoms with Crippen molar-refractivity contribution in [1.82, 2.24) is 15.0 Å². The third-order valence-electron chi connectivity index (χ3n) is 3.75. The number of carbonyl (C=O) groups excluding carboxylic acids is 1. The molecule has 0 aliphatic carbocycles. The summed E-state index contributed by atoms with van der Waals surface area (Å²) in [5.41, 5.74) is 0.101. The number of amides is 1. The maximum atomic E-state index is 13.9. The number of nitrogens with zero attached hydrogens (tertiary/aromatic N) is 3.